The highest BCUT2D eigenvalue weighted by atomic mass is 79.9. The average Bonchev–Trinajstić information content (AvgIpc) is 3.60. The van der Waals surface area contributed by atoms with Gasteiger partial charge in [0.2, 0.25) is 5.91 Å². The molecule has 10 heteroatoms. The fourth-order valence-corrected chi connectivity index (χ4v) is 10.3. The molecule has 3 unspecified atom stereocenters. The van der Waals surface area contributed by atoms with Crippen molar-refractivity contribution in [2.24, 2.45) is 11.8 Å². The van der Waals surface area contributed by atoms with Crippen LogP contribution in [0.15, 0.2) is 79.9 Å². The molecule has 0 saturated carbocycles. The van der Waals surface area contributed by atoms with Crippen molar-refractivity contribution < 1.29 is 29.0 Å². The highest BCUT2D eigenvalue weighted by Gasteiger charge is 2.76. The van der Waals surface area contributed by atoms with E-state index >= 15 is 0 Å². The Kier molecular flexibility index (Phi) is 9.15. The van der Waals surface area contributed by atoms with Crippen molar-refractivity contribution in [1.29, 1.82) is 0 Å². The van der Waals surface area contributed by atoms with Crippen LogP contribution >= 0.6 is 27.7 Å². The van der Waals surface area contributed by atoms with E-state index < -0.39 is 34.6 Å². The molecule has 1 spiro atoms. The lowest BCUT2D eigenvalue weighted by Gasteiger charge is -2.40. The monoisotopic (exact) mass is 654 g/mol. The van der Waals surface area contributed by atoms with Crippen molar-refractivity contribution >= 4 is 51.2 Å². The van der Waals surface area contributed by atoms with E-state index in [0.717, 1.165) is 0 Å². The number of amides is 2. The molecule has 2 aromatic rings. The molecule has 3 saturated heterocycles. The summed E-state index contributed by atoms with van der Waals surface area (Å²) in [5.74, 6) is -1.90. The van der Waals surface area contributed by atoms with Crippen LogP contribution < -0.4 is 9.64 Å². The van der Waals surface area contributed by atoms with Gasteiger partial charge in [-0.25, -0.2) is 0 Å². The molecule has 3 aliphatic heterocycles. The lowest BCUT2D eigenvalue weighted by atomic mass is 9.71. The number of methoxy groups -OCH3 is 1. The lowest BCUT2D eigenvalue weighted by molar-refractivity contribution is -0.154. The van der Waals surface area contributed by atoms with Gasteiger partial charge in [-0.1, -0.05) is 58.4 Å². The van der Waals surface area contributed by atoms with Gasteiger partial charge in [0.15, 0.2) is 0 Å². The Bertz CT molecular complexity index is 1340. The number of alkyl halides is 1. The Morgan fingerprint density at radius 3 is 2.52 bits per heavy atom. The van der Waals surface area contributed by atoms with Crippen LogP contribution in [0.1, 0.15) is 24.4 Å². The van der Waals surface area contributed by atoms with E-state index in [-0.39, 0.29) is 41.6 Å². The highest BCUT2D eigenvalue weighted by Crippen LogP contribution is 2.68. The van der Waals surface area contributed by atoms with Gasteiger partial charge in [-0.2, -0.15) is 0 Å². The first-order chi connectivity index (χ1) is 20.3. The second kappa shape index (κ2) is 12.7. The molecule has 42 heavy (non-hydrogen) atoms. The van der Waals surface area contributed by atoms with Gasteiger partial charge in [-0.05, 0) is 42.7 Å². The molecule has 8 nitrogen and oxygen atoms in total. The molecule has 7 atom stereocenters. The minimum Gasteiger partial charge on any atom is -0.497 e. The zero-order valence-corrected chi connectivity index (χ0v) is 25.8. The molecule has 5 rings (SSSR count). The van der Waals surface area contributed by atoms with Gasteiger partial charge in [-0.15, -0.1) is 24.9 Å². The molecule has 0 aromatic heterocycles. The Morgan fingerprint density at radius 1 is 1.19 bits per heavy atom. The Balaban J connectivity index is 1.62. The molecule has 3 aliphatic rings. The summed E-state index contributed by atoms with van der Waals surface area (Å²) in [6.45, 7) is 7.57. The van der Waals surface area contributed by atoms with E-state index in [1.165, 1.54) is 11.8 Å². The smallest absolute Gasteiger partial charge is 0.310 e. The third kappa shape index (κ3) is 5.07. The number of hydrogen-bond donors (Lipinski definition) is 1. The molecule has 2 amide bonds. The summed E-state index contributed by atoms with van der Waals surface area (Å²) >= 11 is 5.31. The first kappa shape index (κ1) is 30.4. The largest absolute Gasteiger partial charge is 0.497 e. The molecular weight excluding hydrogens is 620 g/mol. The fourth-order valence-electron chi connectivity index (χ4n) is 6.68. The lowest BCUT2D eigenvalue weighted by Crippen LogP contribution is -2.56. The predicted octanol–water partition coefficient (Wildman–Crippen LogP) is 4.53. The van der Waals surface area contributed by atoms with Crippen LogP contribution in [-0.4, -0.2) is 75.5 Å². The maximum Gasteiger partial charge on any atom is 0.310 e. The van der Waals surface area contributed by atoms with E-state index in [1.54, 1.807) is 53.3 Å². The van der Waals surface area contributed by atoms with Crippen molar-refractivity contribution in [1.82, 2.24) is 4.90 Å². The number of aliphatic hydroxyl groups excluding tert-OH is 1. The summed E-state index contributed by atoms with van der Waals surface area (Å²) < 4.78 is 10.0. The third-order valence-electron chi connectivity index (χ3n) is 8.45. The number of fused-ring (bicyclic) bond motifs is 1. The highest BCUT2D eigenvalue weighted by molar-refractivity contribution is 9.09. The number of likely N-dealkylation sites (tertiary alicyclic amines) is 1. The summed E-state index contributed by atoms with van der Waals surface area (Å²) in [5.41, 5.74) is 1.34. The third-order valence-corrected chi connectivity index (χ3v) is 11.7. The number of carbonyl (C=O) groups excluding carboxylic acids is 3. The van der Waals surface area contributed by atoms with Gasteiger partial charge in [-0.3, -0.25) is 14.4 Å². The summed E-state index contributed by atoms with van der Waals surface area (Å²) in [4.78, 5) is 46.0. The number of ether oxygens (including phenoxy) is 2. The van der Waals surface area contributed by atoms with E-state index in [4.69, 9.17) is 9.47 Å². The minimum atomic E-state index is -0.949. The molecule has 2 bridgehead atoms. The molecular formula is C32H35BrN2O6S. The molecule has 3 heterocycles. The summed E-state index contributed by atoms with van der Waals surface area (Å²) in [7, 11) is 1.57. The predicted molar refractivity (Wildman–Crippen MR) is 167 cm³/mol. The Morgan fingerprint density at radius 2 is 1.90 bits per heavy atom. The quantitative estimate of drug-likeness (QED) is 0.155. The topological polar surface area (TPSA) is 96.4 Å². The average molecular weight is 656 g/mol. The van der Waals surface area contributed by atoms with E-state index in [1.807, 2.05) is 30.3 Å². The first-order valence-electron chi connectivity index (χ1n) is 14.0. The molecule has 0 radical (unpaired) electrons. The normalized spacial score (nSPS) is 28.2. The maximum atomic E-state index is 14.8. The van der Waals surface area contributed by atoms with Crippen molar-refractivity contribution in [3.05, 3.63) is 85.5 Å². The molecule has 3 fully saturated rings. The van der Waals surface area contributed by atoms with Gasteiger partial charge >= 0.3 is 5.97 Å². The zero-order valence-electron chi connectivity index (χ0n) is 23.4. The van der Waals surface area contributed by atoms with Crippen LogP contribution in [0.5, 0.6) is 5.75 Å². The fraction of sp³-hybridized carbons (Fsp3) is 0.406. The number of anilines is 1. The van der Waals surface area contributed by atoms with Crippen molar-refractivity contribution in [3.8, 4) is 5.75 Å². The first-order valence-corrected chi connectivity index (χ1v) is 15.8. The van der Waals surface area contributed by atoms with E-state index in [2.05, 4.69) is 29.1 Å². The number of carbonyl (C=O) groups is 3. The molecule has 0 aliphatic carbocycles. The van der Waals surface area contributed by atoms with Crippen LogP contribution in [0.3, 0.4) is 0 Å². The molecule has 222 valence electrons. The minimum absolute atomic E-state index is 0.100. The van der Waals surface area contributed by atoms with Gasteiger partial charge in [0, 0.05) is 22.3 Å². The van der Waals surface area contributed by atoms with Gasteiger partial charge in [0.25, 0.3) is 5.91 Å². The van der Waals surface area contributed by atoms with E-state index in [9.17, 15) is 19.5 Å². The Labute approximate surface area is 258 Å². The SMILES string of the molecule is C=CCCOC(=O)[C@H]1[C@H]2C(=O)N([C@H](CO)c3ccccc3)C(C(=O)N(CC=C)c3ccc(OC)cc3)C23CC(Br)[C@@H]1S3. The molecule has 2 aromatic carbocycles. The summed E-state index contributed by atoms with van der Waals surface area (Å²) in [5, 5.41) is 10.5. The van der Waals surface area contributed by atoms with Crippen LogP contribution in [0.2, 0.25) is 0 Å². The number of esters is 1. The number of rotatable bonds is 12. The van der Waals surface area contributed by atoms with Crippen molar-refractivity contribution in [2.45, 2.75) is 39.7 Å². The number of aliphatic hydroxyl groups is 1. The van der Waals surface area contributed by atoms with E-state index in [0.29, 0.717) is 29.8 Å². The summed E-state index contributed by atoms with van der Waals surface area (Å²) in [6, 6.07) is 14.6. The second-order valence-electron chi connectivity index (χ2n) is 10.7. The number of hydrogen-bond acceptors (Lipinski definition) is 7. The van der Waals surface area contributed by atoms with Crippen LogP contribution in [0, 0.1) is 11.8 Å². The van der Waals surface area contributed by atoms with Gasteiger partial charge < -0.3 is 24.4 Å². The van der Waals surface area contributed by atoms with Gasteiger partial charge in [0.05, 0.1) is 42.9 Å². The second-order valence-corrected chi connectivity index (χ2v) is 13.4. The number of benzene rings is 2. The van der Waals surface area contributed by atoms with Crippen molar-refractivity contribution in [2.75, 3.05) is 31.8 Å². The molecule has 1 N–H and O–H groups in total. The van der Waals surface area contributed by atoms with Crippen LogP contribution in [0.25, 0.3) is 0 Å². The standard InChI is InChI=1S/C32H35BrN2O6S/c1-4-6-17-41-31(39)25-26-29(37)35(24(19-36)20-10-8-7-9-11-20)28(32(26)18-23(33)27(25)42-32)30(38)34(16-5-2)21-12-14-22(40-3)15-13-21/h4-5,7-15,23-28,36H,1-2,6,16-19H2,3H3/t23?,24-,25+,26+,27+,28?,32?/m1/s1. The van der Waals surface area contributed by atoms with Gasteiger partial charge in [0.1, 0.15) is 11.8 Å². The van der Waals surface area contributed by atoms with Crippen LogP contribution in [0.4, 0.5) is 5.69 Å². The van der Waals surface area contributed by atoms with Crippen LogP contribution in [-0.2, 0) is 19.1 Å². The number of nitrogens with zero attached hydrogens (tertiary/aromatic N) is 2. The maximum absolute atomic E-state index is 14.8. The Hall–Kier alpha value is -3.08. The zero-order chi connectivity index (χ0) is 30.0. The van der Waals surface area contributed by atoms with Crippen molar-refractivity contribution in [3.63, 3.8) is 0 Å². The number of halogens is 1. The number of thioether (sulfide) groups is 1. The summed E-state index contributed by atoms with van der Waals surface area (Å²) in [6.07, 6.45) is 4.34.